The van der Waals surface area contributed by atoms with Crippen molar-refractivity contribution in [2.24, 2.45) is 0 Å². The number of halogens is 1. The standard InChI is InChI=1S/C25H25FN6/c1-16(22-10-11-23(18(3)28-22)31-14-17(2)27-15-31)13-24-29-25-21(5-4-12-32(25)30-24)19-6-8-20(26)9-7-19/h6-11,13-15,21H,4-5,12H2,1-3H3/b16-13+/t21-/m1/s1. The van der Waals surface area contributed by atoms with E-state index in [1.165, 1.54) is 12.1 Å². The molecule has 0 saturated carbocycles. The van der Waals surface area contributed by atoms with Gasteiger partial charge in [-0.15, -0.1) is 0 Å². The van der Waals surface area contributed by atoms with Crippen LogP contribution in [0.1, 0.15) is 60.0 Å². The van der Waals surface area contributed by atoms with Gasteiger partial charge >= 0.3 is 0 Å². The van der Waals surface area contributed by atoms with E-state index in [9.17, 15) is 4.39 Å². The molecule has 162 valence electrons. The molecule has 0 unspecified atom stereocenters. The van der Waals surface area contributed by atoms with E-state index < -0.39 is 0 Å². The molecule has 0 fully saturated rings. The van der Waals surface area contributed by atoms with Gasteiger partial charge in [-0.2, -0.15) is 5.10 Å². The highest BCUT2D eigenvalue weighted by atomic mass is 19.1. The molecule has 0 N–H and O–H groups in total. The Hall–Kier alpha value is -3.61. The third kappa shape index (κ3) is 3.86. The fraction of sp³-hybridized carbons (Fsp3) is 0.280. The molecule has 0 spiro atoms. The van der Waals surface area contributed by atoms with Gasteiger partial charge in [-0.25, -0.2) is 19.0 Å². The normalized spacial score (nSPS) is 16.2. The van der Waals surface area contributed by atoms with Gasteiger partial charge in [0.05, 0.1) is 29.1 Å². The molecule has 4 heterocycles. The number of rotatable bonds is 4. The molecule has 1 atom stereocenters. The average molecular weight is 429 g/mol. The first kappa shape index (κ1) is 20.3. The van der Waals surface area contributed by atoms with Crippen LogP contribution >= 0.6 is 0 Å². The number of hydrogen-bond donors (Lipinski definition) is 0. The molecule has 1 aliphatic rings. The SMILES string of the molecule is C/C(=C\c1nc2n(n1)CCC[C@@H]2c1ccc(F)cc1)c1ccc(-n2cnc(C)c2)c(C)n1. The van der Waals surface area contributed by atoms with E-state index in [0.717, 1.165) is 59.1 Å². The van der Waals surface area contributed by atoms with Crippen molar-refractivity contribution in [3.8, 4) is 5.69 Å². The number of pyridine rings is 1. The highest BCUT2D eigenvalue weighted by Gasteiger charge is 2.25. The fourth-order valence-electron chi connectivity index (χ4n) is 4.31. The van der Waals surface area contributed by atoms with Crippen LogP contribution in [0.15, 0.2) is 48.9 Å². The summed E-state index contributed by atoms with van der Waals surface area (Å²) in [7, 11) is 0. The minimum absolute atomic E-state index is 0.137. The zero-order valence-corrected chi connectivity index (χ0v) is 18.5. The Labute approximate surface area is 186 Å². The largest absolute Gasteiger partial charge is 0.304 e. The van der Waals surface area contributed by atoms with Crippen molar-refractivity contribution >= 4 is 11.6 Å². The Morgan fingerprint density at radius 3 is 2.62 bits per heavy atom. The Bertz CT molecular complexity index is 1300. The van der Waals surface area contributed by atoms with Gasteiger partial charge in [0.25, 0.3) is 0 Å². The van der Waals surface area contributed by atoms with Crippen LogP contribution in [0.5, 0.6) is 0 Å². The lowest BCUT2D eigenvalue weighted by Crippen LogP contribution is -2.17. The summed E-state index contributed by atoms with van der Waals surface area (Å²) >= 11 is 0. The van der Waals surface area contributed by atoms with Gasteiger partial charge in [0, 0.05) is 18.7 Å². The summed E-state index contributed by atoms with van der Waals surface area (Å²) in [5, 5.41) is 4.71. The molecule has 0 aliphatic carbocycles. The first-order chi connectivity index (χ1) is 15.5. The molecule has 32 heavy (non-hydrogen) atoms. The van der Waals surface area contributed by atoms with Crippen molar-refractivity contribution < 1.29 is 4.39 Å². The zero-order chi connectivity index (χ0) is 22.2. The minimum atomic E-state index is -0.220. The van der Waals surface area contributed by atoms with Gasteiger partial charge in [0.15, 0.2) is 5.82 Å². The minimum Gasteiger partial charge on any atom is -0.304 e. The van der Waals surface area contributed by atoms with Gasteiger partial charge in [0.2, 0.25) is 0 Å². The number of aromatic nitrogens is 6. The molecule has 4 aromatic rings. The molecule has 1 aromatic carbocycles. The number of imidazole rings is 1. The molecule has 1 aliphatic heterocycles. The van der Waals surface area contributed by atoms with E-state index in [2.05, 4.69) is 11.1 Å². The summed E-state index contributed by atoms with van der Waals surface area (Å²) < 4.78 is 17.3. The average Bonchev–Trinajstić information content (AvgIpc) is 3.39. The van der Waals surface area contributed by atoms with Gasteiger partial charge in [-0.1, -0.05) is 12.1 Å². The maximum Gasteiger partial charge on any atom is 0.174 e. The van der Waals surface area contributed by atoms with Crippen LogP contribution < -0.4 is 0 Å². The quantitative estimate of drug-likeness (QED) is 0.454. The predicted molar refractivity (Wildman–Crippen MR) is 122 cm³/mol. The molecule has 3 aromatic heterocycles. The fourth-order valence-corrected chi connectivity index (χ4v) is 4.31. The number of hydrogen-bond acceptors (Lipinski definition) is 4. The molecule has 0 radical (unpaired) electrons. The smallest absolute Gasteiger partial charge is 0.174 e. The maximum absolute atomic E-state index is 13.4. The van der Waals surface area contributed by atoms with Gasteiger partial charge in [-0.05, 0) is 75.1 Å². The second-order valence-electron chi connectivity index (χ2n) is 8.35. The van der Waals surface area contributed by atoms with Gasteiger partial charge in [-0.3, -0.25) is 4.98 Å². The Morgan fingerprint density at radius 2 is 1.91 bits per heavy atom. The summed E-state index contributed by atoms with van der Waals surface area (Å²) in [5.41, 5.74) is 5.89. The Morgan fingerprint density at radius 1 is 1.09 bits per heavy atom. The summed E-state index contributed by atoms with van der Waals surface area (Å²) in [6.45, 7) is 6.85. The molecule has 0 saturated heterocycles. The van der Waals surface area contributed by atoms with Crippen molar-refractivity contribution in [3.63, 3.8) is 0 Å². The second-order valence-corrected chi connectivity index (χ2v) is 8.35. The summed E-state index contributed by atoms with van der Waals surface area (Å²) in [6.07, 6.45) is 7.79. The van der Waals surface area contributed by atoms with Crippen LogP contribution in [0.3, 0.4) is 0 Å². The molecule has 7 heteroatoms. The lowest BCUT2D eigenvalue weighted by Gasteiger charge is -2.22. The van der Waals surface area contributed by atoms with Gasteiger partial charge in [0.1, 0.15) is 11.6 Å². The molecule has 5 rings (SSSR count). The number of benzene rings is 1. The molecule has 0 amide bonds. The third-order valence-electron chi connectivity index (χ3n) is 5.96. The number of aryl methyl sites for hydroxylation is 3. The first-order valence-corrected chi connectivity index (χ1v) is 10.9. The summed E-state index contributed by atoms with van der Waals surface area (Å²) in [4.78, 5) is 13.9. The van der Waals surface area contributed by atoms with E-state index in [1.807, 2.05) is 60.5 Å². The van der Waals surface area contributed by atoms with Crippen molar-refractivity contribution in [2.45, 2.75) is 46.1 Å². The monoisotopic (exact) mass is 428 g/mol. The van der Waals surface area contributed by atoms with Crippen LogP contribution in [-0.2, 0) is 6.54 Å². The van der Waals surface area contributed by atoms with Crippen LogP contribution in [0.25, 0.3) is 17.3 Å². The van der Waals surface area contributed by atoms with E-state index in [-0.39, 0.29) is 11.7 Å². The van der Waals surface area contributed by atoms with Crippen LogP contribution in [0.4, 0.5) is 4.39 Å². The van der Waals surface area contributed by atoms with E-state index in [4.69, 9.17) is 15.1 Å². The van der Waals surface area contributed by atoms with Crippen molar-refractivity contribution in [1.82, 2.24) is 29.3 Å². The first-order valence-electron chi connectivity index (χ1n) is 10.9. The van der Waals surface area contributed by atoms with E-state index in [0.29, 0.717) is 5.82 Å². The predicted octanol–water partition coefficient (Wildman–Crippen LogP) is 5.10. The Balaban J connectivity index is 1.43. The molecular weight excluding hydrogens is 403 g/mol. The summed E-state index contributed by atoms with van der Waals surface area (Å²) in [6, 6.07) is 10.8. The van der Waals surface area contributed by atoms with Crippen LogP contribution in [0, 0.1) is 19.7 Å². The highest BCUT2D eigenvalue weighted by Crippen LogP contribution is 2.32. The molecular formula is C25H25FN6. The highest BCUT2D eigenvalue weighted by molar-refractivity contribution is 5.76. The summed E-state index contributed by atoms with van der Waals surface area (Å²) in [5.74, 6) is 1.54. The second kappa shape index (κ2) is 8.15. The van der Waals surface area contributed by atoms with Crippen LogP contribution in [-0.4, -0.2) is 29.3 Å². The van der Waals surface area contributed by atoms with Crippen molar-refractivity contribution in [1.29, 1.82) is 0 Å². The lowest BCUT2D eigenvalue weighted by atomic mass is 9.91. The Kier molecular flexibility index (Phi) is 5.17. The topological polar surface area (TPSA) is 61.4 Å². The number of allylic oxidation sites excluding steroid dienone is 1. The number of fused-ring (bicyclic) bond motifs is 1. The maximum atomic E-state index is 13.4. The van der Waals surface area contributed by atoms with Crippen molar-refractivity contribution in [2.75, 3.05) is 0 Å². The van der Waals surface area contributed by atoms with E-state index in [1.54, 1.807) is 6.33 Å². The number of nitrogens with zero attached hydrogens (tertiary/aromatic N) is 6. The van der Waals surface area contributed by atoms with Gasteiger partial charge < -0.3 is 4.57 Å². The van der Waals surface area contributed by atoms with Crippen LogP contribution in [0.2, 0.25) is 0 Å². The zero-order valence-electron chi connectivity index (χ0n) is 18.5. The molecule has 6 nitrogen and oxygen atoms in total. The van der Waals surface area contributed by atoms with Crippen molar-refractivity contribution in [3.05, 3.63) is 89.0 Å². The third-order valence-corrected chi connectivity index (χ3v) is 5.96. The van der Waals surface area contributed by atoms with E-state index >= 15 is 0 Å². The lowest BCUT2D eigenvalue weighted by molar-refractivity contribution is 0.445. The molecule has 0 bridgehead atoms.